The molecule has 0 saturated heterocycles. The molecule has 1 aromatic carbocycles. The molecule has 0 aliphatic heterocycles. The van der Waals surface area contributed by atoms with Crippen LogP contribution in [0.15, 0.2) is 67.1 Å². The summed E-state index contributed by atoms with van der Waals surface area (Å²) in [5.74, 6) is 0.785. The topological polar surface area (TPSA) is 101 Å². The van der Waals surface area contributed by atoms with E-state index in [4.69, 9.17) is 0 Å². The molecule has 2 N–H and O–H groups in total. The Labute approximate surface area is 162 Å². The van der Waals surface area contributed by atoms with Crippen molar-refractivity contribution >= 4 is 27.2 Å². The number of pyridine rings is 1. The lowest BCUT2D eigenvalue weighted by Gasteiger charge is -2.08. The second kappa shape index (κ2) is 7.28. The molecule has 3 heterocycles. The van der Waals surface area contributed by atoms with Crippen LogP contribution in [0.1, 0.15) is 5.69 Å². The fraction of sp³-hybridized carbons (Fsp3) is 0.105. The van der Waals surface area contributed by atoms with Crippen molar-refractivity contribution in [2.45, 2.75) is 6.54 Å². The van der Waals surface area contributed by atoms with Gasteiger partial charge in [-0.3, -0.25) is 9.71 Å². The number of anilines is 2. The van der Waals surface area contributed by atoms with Crippen LogP contribution < -0.4 is 10.0 Å². The van der Waals surface area contributed by atoms with Gasteiger partial charge in [0, 0.05) is 23.6 Å². The van der Waals surface area contributed by atoms with Gasteiger partial charge >= 0.3 is 0 Å². The number of nitrogens with one attached hydrogen (secondary N) is 2. The first kappa shape index (κ1) is 17.9. The molecule has 4 aromatic rings. The van der Waals surface area contributed by atoms with Crippen molar-refractivity contribution in [3.8, 4) is 11.1 Å². The van der Waals surface area contributed by atoms with Crippen LogP contribution >= 0.6 is 0 Å². The van der Waals surface area contributed by atoms with Crippen LogP contribution in [0.4, 0.5) is 11.5 Å². The van der Waals surface area contributed by atoms with Crippen LogP contribution in [-0.2, 0) is 16.6 Å². The Morgan fingerprint density at radius 2 is 1.93 bits per heavy atom. The van der Waals surface area contributed by atoms with Gasteiger partial charge in [-0.25, -0.2) is 13.4 Å². The minimum Gasteiger partial charge on any atom is -0.364 e. The van der Waals surface area contributed by atoms with Crippen LogP contribution in [0.2, 0.25) is 0 Å². The first-order chi connectivity index (χ1) is 13.5. The summed E-state index contributed by atoms with van der Waals surface area (Å²) < 4.78 is 27.2. The van der Waals surface area contributed by atoms with Gasteiger partial charge in [0.15, 0.2) is 5.65 Å². The number of nitrogens with zero attached hydrogens (tertiary/aromatic N) is 4. The van der Waals surface area contributed by atoms with Gasteiger partial charge in [-0.15, -0.1) is 0 Å². The maximum absolute atomic E-state index is 11.5. The fourth-order valence-electron chi connectivity index (χ4n) is 2.88. The van der Waals surface area contributed by atoms with Crippen molar-refractivity contribution < 1.29 is 8.42 Å². The predicted octanol–water partition coefficient (Wildman–Crippen LogP) is 2.77. The molecule has 0 spiro atoms. The molecule has 0 atom stereocenters. The normalized spacial score (nSPS) is 11.5. The molecule has 8 nitrogen and oxygen atoms in total. The summed E-state index contributed by atoms with van der Waals surface area (Å²) in [6.45, 7) is 0.558. The monoisotopic (exact) mass is 394 g/mol. The maximum Gasteiger partial charge on any atom is 0.229 e. The van der Waals surface area contributed by atoms with E-state index in [-0.39, 0.29) is 0 Å². The molecule has 0 radical (unpaired) electrons. The van der Waals surface area contributed by atoms with Gasteiger partial charge in [-0.2, -0.15) is 9.61 Å². The van der Waals surface area contributed by atoms with Crippen molar-refractivity contribution in [2.75, 3.05) is 16.3 Å². The van der Waals surface area contributed by atoms with Crippen LogP contribution in [0.3, 0.4) is 0 Å². The summed E-state index contributed by atoms with van der Waals surface area (Å²) >= 11 is 0. The smallest absolute Gasteiger partial charge is 0.229 e. The number of fused-ring (bicyclic) bond motifs is 1. The van der Waals surface area contributed by atoms with E-state index in [9.17, 15) is 8.42 Å². The second-order valence-electron chi connectivity index (χ2n) is 6.25. The number of aromatic nitrogens is 4. The molecule has 0 aliphatic rings. The van der Waals surface area contributed by atoms with Gasteiger partial charge < -0.3 is 5.32 Å². The van der Waals surface area contributed by atoms with E-state index in [1.165, 1.54) is 0 Å². The number of rotatable bonds is 6. The zero-order chi connectivity index (χ0) is 19.6. The van der Waals surface area contributed by atoms with Crippen molar-refractivity contribution in [1.82, 2.24) is 19.6 Å². The van der Waals surface area contributed by atoms with E-state index in [0.29, 0.717) is 17.9 Å². The third-order valence-corrected chi connectivity index (χ3v) is 4.66. The Morgan fingerprint density at radius 1 is 1.04 bits per heavy atom. The third-order valence-electron chi connectivity index (χ3n) is 4.05. The first-order valence-corrected chi connectivity index (χ1v) is 10.4. The van der Waals surface area contributed by atoms with Crippen molar-refractivity contribution in [2.24, 2.45) is 0 Å². The molecule has 0 amide bonds. The predicted molar refractivity (Wildman–Crippen MR) is 108 cm³/mol. The highest BCUT2D eigenvalue weighted by Crippen LogP contribution is 2.27. The Morgan fingerprint density at radius 3 is 2.71 bits per heavy atom. The molecule has 0 fully saturated rings. The Balaban J connectivity index is 1.66. The summed E-state index contributed by atoms with van der Waals surface area (Å²) in [5, 5.41) is 7.76. The summed E-state index contributed by atoms with van der Waals surface area (Å²) in [6, 6.07) is 14.7. The van der Waals surface area contributed by atoms with Gasteiger partial charge in [0.1, 0.15) is 5.82 Å². The van der Waals surface area contributed by atoms with E-state index in [2.05, 4.69) is 25.1 Å². The number of benzene rings is 1. The summed E-state index contributed by atoms with van der Waals surface area (Å²) in [7, 11) is -3.35. The van der Waals surface area contributed by atoms with Crippen molar-refractivity contribution in [3.05, 3.63) is 72.8 Å². The van der Waals surface area contributed by atoms with E-state index in [1.807, 2.05) is 30.3 Å². The lowest BCUT2D eigenvalue weighted by Crippen LogP contribution is -2.09. The highest BCUT2D eigenvalue weighted by Gasteiger charge is 2.12. The number of hydrogen-bond donors (Lipinski definition) is 2. The molecular formula is C19H18N6O2S. The highest BCUT2D eigenvalue weighted by atomic mass is 32.2. The SMILES string of the molecule is CS(=O)(=O)Nc1cccc(-c2cnn3c(NCc4ccccn4)ccnc23)c1. The number of sulfonamides is 1. The van der Waals surface area contributed by atoms with Crippen molar-refractivity contribution in [1.29, 1.82) is 0 Å². The van der Waals surface area contributed by atoms with Crippen LogP contribution in [0.5, 0.6) is 0 Å². The standard InChI is InChI=1S/C19H18N6O2S/c1-28(26,27)24-15-7-4-5-14(11-15)17-13-23-25-18(8-10-21-19(17)25)22-12-16-6-2-3-9-20-16/h2-11,13,22,24H,12H2,1H3. The van der Waals surface area contributed by atoms with Gasteiger partial charge in [0.2, 0.25) is 10.0 Å². The fourth-order valence-corrected chi connectivity index (χ4v) is 3.43. The molecule has 4 rings (SSSR count). The summed E-state index contributed by atoms with van der Waals surface area (Å²) in [5.41, 5.74) is 3.70. The maximum atomic E-state index is 11.5. The molecule has 3 aromatic heterocycles. The molecule has 0 unspecified atom stereocenters. The number of hydrogen-bond acceptors (Lipinski definition) is 6. The summed E-state index contributed by atoms with van der Waals surface area (Å²) in [6.07, 6.45) is 6.30. The van der Waals surface area contributed by atoms with E-state index in [1.54, 1.807) is 41.3 Å². The van der Waals surface area contributed by atoms with Crippen LogP contribution in [0, 0.1) is 0 Å². The Kier molecular flexibility index (Phi) is 4.66. The largest absolute Gasteiger partial charge is 0.364 e. The zero-order valence-electron chi connectivity index (χ0n) is 15.1. The molecule has 28 heavy (non-hydrogen) atoms. The average molecular weight is 394 g/mol. The molecule has 0 bridgehead atoms. The zero-order valence-corrected chi connectivity index (χ0v) is 15.9. The van der Waals surface area contributed by atoms with Crippen molar-refractivity contribution in [3.63, 3.8) is 0 Å². The average Bonchev–Trinajstić information content (AvgIpc) is 3.11. The molecule has 9 heteroatoms. The molecule has 0 saturated carbocycles. The first-order valence-electron chi connectivity index (χ1n) is 8.54. The van der Waals surface area contributed by atoms with Gasteiger partial charge in [-0.1, -0.05) is 18.2 Å². The Bertz CT molecular complexity index is 1220. The Hall–Kier alpha value is -3.46. The third kappa shape index (κ3) is 3.94. The minimum absolute atomic E-state index is 0.490. The van der Waals surface area contributed by atoms with Gasteiger partial charge in [0.25, 0.3) is 0 Å². The van der Waals surface area contributed by atoms with E-state index < -0.39 is 10.0 Å². The molecule has 142 valence electrons. The lowest BCUT2D eigenvalue weighted by molar-refractivity contribution is 0.607. The summed E-state index contributed by atoms with van der Waals surface area (Å²) in [4.78, 5) is 8.75. The quantitative estimate of drug-likeness (QED) is 0.521. The van der Waals surface area contributed by atoms with Gasteiger partial charge in [0.05, 0.1) is 24.7 Å². The highest BCUT2D eigenvalue weighted by molar-refractivity contribution is 7.92. The minimum atomic E-state index is -3.35. The van der Waals surface area contributed by atoms with Gasteiger partial charge in [-0.05, 0) is 35.9 Å². The van der Waals surface area contributed by atoms with E-state index in [0.717, 1.165) is 28.9 Å². The van der Waals surface area contributed by atoms with Crippen LogP contribution in [0.25, 0.3) is 16.8 Å². The molecular weight excluding hydrogens is 376 g/mol. The lowest BCUT2D eigenvalue weighted by atomic mass is 10.1. The van der Waals surface area contributed by atoms with Crippen LogP contribution in [-0.4, -0.2) is 34.3 Å². The van der Waals surface area contributed by atoms with E-state index >= 15 is 0 Å². The molecule has 0 aliphatic carbocycles. The second-order valence-corrected chi connectivity index (χ2v) is 8.00.